The van der Waals surface area contributed by atoms with Crippen molar-refractivity contribution in [3.63, 3.8) is 0 Å². The van der Waals surface area contributed by atoms with Crippen LogP contribution < -0.4 is 20.1 Å². The maximum Gasteiger partial charge on any atom is 0.252 e. The van der Waals surface area contributed by atoms with Crippen LogP contribution in [0.5, 0.6) is 11.5 Å². The largest absolute Gasteiger partial charge is 0.493 e. The Morgan fingerprint density at radius 2 is 1.73 bits per heavy atom. The number of aryl methyl sites for hydroxylation is 1. The first-order chi connectivity index (χ1) is 12.5. The molecular weight excluding hydrogens is 356 g/mol. The van der Waals surface area contributed by atoms with Crippen LogP contribution in [-0.4, -0.2) is 32.6 Å². The molecule has 2 aromatic rings. The summed E-state index contributed by atoms with van der Waals surface area (Å²) in [5.74, 6) is 0.584. The second-order valence-corrected chi connectivity index (χ2v) is 5.96. The highest BCUT2D eigenvalue weighted by molar-refractivity contribution is 6.33. The van der Waals surface area contributed by atoms with E-state index in [1.807, 2.05) is 6.92 Å². The van der Waals surface area contributed by atoms with Gasteiger partial charge in [-0.15, -0.1) is 0 Å². The quantitative estimate of drug-likeness (QED) is 0.776. The van der Waals surface area contributed by atoms with Gasteiger partial charge in [-0.25, -0.2) is 0 Å². The lowest BCUT2D eigenvalue weighted by Gasteiger charge is -2.14. The third kappa shape index (κ3) is 4.89. The molecule has 7 heteroatoms. The molecule has 0 atom stereocenters. The first-order valence-corrected chi connectivity index (χ1v) is 8.39. The number of carbonyl (C=O) groups excluding carboxylic acids is 2. The van der Waals surface area contributed by atoms with Crippen LogP contribution in [0.15, 0.2) is 36.4 Å². The minimum atomic E-state index is -0.314. The van der Waals surface area contributed by atoms with Gasteiger partial charge >= 0.3 is 0 Å². The van der Waals surface area contributed by atoms with E-state index in [4.69, 9.17) is 21.1 Å². The van der Waals surface area contributed by atoms with Crippen molar-refractivity contribution in [3.8, 4) is 11.5 Å². The second-order valence-electron chi connectivity index (χ2n) is 5.56. The van der Waals surface area contributed by atoms with Crippen LogP contribution >= 0.6 is 11.6 Å². The Morgan fingerprint density at radius 1 is 1.08 bits per heavy atom. The van der Waals surface area contributed by atoms with Gasteiger partial charge < -0.3 is 20.1 Å². The van der Waals surface area contributed by atoms with Crippen molar-refractivity contribution in [2.24, 2.45) is 0 Å². The van der Waals surface area contributed by atoms with E-state index in [0.29, 0.717) is 27.8 Å². The van der Waals surface area contributed by atoms with Crippen LogP contribution in [-0.2, 0) is 4.79 Å². The number of carbonyl (C=O) groups is 2. The number of ether oxygens (including phenoxy) is 2. The summed E-state index contributed by atoms with van der Waals surface area (Å²) in [6, 6.07) is 10.2. The number of nitrogens with one attached hydrogen (secondary N) is 2. The molecule has 0 radical (unpaired) electrons. The number of anilines is 1. The van der Waals surface area contributed by atoms with Gasteiger partial charge in [0.05, 0.1) is 24.8 Å². The highest BCUT2D eigenvalue weighted by Crippen LogP contribution is 2.32. The van der Waals surface area contributed by atoms with Gasteiger partial charge in [-0.1, -0.05) is 23.7 Å². The van der Waals surface area contributed by atoms with Crippen LogP contribution in [0.1, 0.15) is 22.3 Å². The normalized spacial score (nSPS) is 10.2. The van der Waals surface area contributed by atoms with E-state index in [1.165, 1.54) is 7.11 Å². The van der Waals surface area contributed by atoms with Crippen LogP contribution in [0.3, 0.4) is 0 Å². The maximum atomic E-state index is 12.1. The van der Waals surface area contributed by atoms with Crippen molar-refractivity contribution in [1.29, 1.82) is 0 Å². The first-order valence-electron chi connectivity index (χ1n) is 8.01. The smallest absolute Gasteiger partial charge is 0.252 e. The number of amides is 2. The SMILES string of the molecule is COc1cc(C)c(NC(=O)CCNC(=O)c2ccccc2Cl)cc1OC. The zero-order valence-corrected chi connectivity index (χ0v) is 15.6. The van der Waals surface area contributed by atoms with E-state index >= 15 is 0 Å². The van der Waals surface area contributed by atoms with E-state index in [9.17, 15) is 9.59 Å². The maximum absolute atomic E-state index is 12.1. The molecule has 0 aromatic heterocycles. The van der Waals surface area contributed by atoms with Crippen molar-refractivity contribution in [2.45, 2.75) is 13.3 Å². The summed E-state index contributed by atoms with van der Waals surface area (Å²) >= 11 is 5.98. The van der Waals surface area contributed by atoms with E-state index in [1.54, 1.807) is 43.5 Å². The summed E-state index contributed by atoms with van der Waals surface area (Å²) < 4.78 is 10.5. The van der Waals surface area contributed by atoms with Crippen LogP contribution in [0.2, 0.25) is 5.02 Å². The van der Waals surface area contributed by atoms with Crippen molar-refractivity contribution in [3.05, 3.63) is 52.5 Å². The molecule has 0 heterocycles. The molecule has 138 valence electrons. The molecule has 0 unspecified atom stereocenters. The molecule has 6 nitrogen and oxygen atoms in total. The van der Waals surface area contributed by atoms with Crippen molar-refractivity contribution >= 4 is 29.1 Å². The van der Waals surface area contributed by atoms with Gasteiger partial charge in [-0.3, -0.25) is 9.59 Å². The van der Waals surface area contributed by atoms with Gasteiger partial charge in [0, 0.05) is 24.7 Å². The highest BCUT2D eigenvalue weighted by atomic mass is 35.5. The third-order valence-corrected chi connectivity index (χ3v) is 4.09. The van der Waals surface area contributed by atoms with Crippen LogP contribution in [0.25, 0.3) is 0 Å². The van der Waals surface area contributed by atoms with Gasteiger partial charge in [-0.2, -0.15) is 0 Å². The van der Waals surface area contributed by atoms with Gasteiger partial charge in [0.15, 0.2) is 11.5 Å². The molecule has 0 saturated carbocycles. The first kappa shape index (κ1) is 19.6. The fourth-order valence-corrected chi connectivity index (χ4v) is 2.58. The van der Waals surface area contributed by atoms with Crippen molar-refractivity contribution in [2.75, 3.05) is 26.1 Å². The lowest BCUT2D eigenvalue weighted by Crippen LogP contribution is -2.28. The van der Waals surface area contributed by atoms with Crippen LogP contribution in [0, 0.1) is 6.92 Å². The summed E-state index contributed by atoms with van der Waals surface area (Å²) in [5, 5.41) is 5.86. The molecule has 0 saturated heterocycles. The van der Waals surface area contributed by atoms with Crippen molar-refractivity contribution < 1.29 is 19.1 Å². The average molecular weight is 377 g/mol. The summed E-state index contributed by atoms with van der Waals surface area (Å²) in [7, 11) is 3.08. The summed E-state index contributed by atoms with van der Waals surface area (Å²) in [6.07, 6.45) is 0.129. The predicted octanol–water partition coefficient (Wildman–Crippen LogP) is 3.42. The molecule has 26 heavy (non-hydrogen) atoms. The number of hydrogen-bond acceptors (Lipinski definition) is 4. The second kappa shape index (κ2) is 9.10. The number of hydrogen-bond donors (Lipinski definition) is 2. The predicted molar refractivity (Wildman–Crippen MR) is 101 cm³/mol. The Morgan fingerprint density at radius 3 is 2.38 bits per heavy atom. The zero-order chi connectivity index (χ0) is 19.1. The lowest BCUT2D eigenvalue weighted by atomic mass is 10.1. The summed E-state index contributed by atoms with van der Waals surface area (Å²) in [6.45, 7) is 2.05. The van der Waals surface area contributed by atoms with E-state index in [0.717, 1.165) is 5.56 Å². The molecule has 0 aliphatic heterocycles. The molecule has 0 aliphatic rings. The zero-order valence-electron chi connectivity index (χ0n) is 14.9. The molecule has 2 aromatic carbocycles. The molecule has 2 amide bonds. The molecule has 0 bridgehead atoms. The summed E-state index contributed by atoms with van der Waals surface area (Å²) in [4.78, 5) is 24.2. The number of rotatable bonds is 7. The Kier molecular flexibility index (Phi) is 6.86. The van der Waals surface area contributed by atoms with E-state index in [-0.39, 0.29) is 24.8 Å². The molecular formula is C19H21ClN2O4. The number of benzene rings is 2. The van der Waals surface area contributed by atoms with E-state index < -0.39 is 0 Å². The fraction of sp³-hybridized carbons (Fsp3) is 0.263. The molecule has 0 fully saturated rings. The molecule has 2 N–H and O–H groups in total. The Labute approximate surface area is 157 Å². The molecule has 2 rings (SSSR count). The highest BCUT2D eigenvalue weighted by Gasteiger charge is 2.12. The third-order valence-electron chi connectivity index (χ3n) is 3.76. The molecule has 0 aliphatic carbocycles. The Hall–Kier alpha value is -2.73. The fourth-order valence-electron chi connectivity index (χ4n) is 2.36. The van der Waals surface area contributed by atoms with Gasteiger partial charge in [0.25, 0.3) is 5.91 Å². The van der Waals surface area contributed by atoms with E-state index in [2.05, 4.69) is 10.6 Å². The average Bonchev–Trinajstić information content (AvgIpc) is 2.63. The minimum absolute atomic E-state index is 0.129. The standard InChI is InChI=1S/C19H21ClN2O4/c1-12-10-16(25-2)17(26-3)11-15(12)22-18(23)8-9-21-19(24)13-6-4-5-7-14(13)20/h4-7,10-11H,8-9H2,1-3H3,(H,21,24)(H,22,23). The van der Waals surface area contributed by atoms with Gasteiger partial charge in [0.2, 0.25) is 5.91 Å². The lowest BCUT2D eigenvalue weighted by molar-refractivity contribution is -0.116. The number of methoxy groups -OCH3 is 2. The van der Waals surface area contributed by atoms with Gasteiger partial charge in [-0.05, 0) is 30.7 Å². The monoisotopic (exact) mass is 376 g/mol. The van der Waals surface area contributed by atoms with Crippen molar-refractivity contribution in [1.82, 2.24) is 5.32 Å². The molecule has 0 spiro atoms. The Balaban J connectivity index is 1.91. The summed E-state index contributed by atoms with van der Waals surface area (Å²) in [5.41, 5.74) is 1.85. The Bertz CT molecular complexity index is 808. The van der Waals surface area contributed by atoms with Crippen LogP contribution in [0.4, 0.5) is 5.69 Å². The number of halogens is 1. The minimum Gasteiger partial charge on any atom is -0.493 e. The van der Waals surface area contributed by atoms with Gasteiger partial charge in [0.1, 0.15) is 0 Å². The topological polar surface area (TPSA) is 76.7 Å².